The maximum absolute atomic E-state index is 12.7. The van der Waals surface area contributed by atoms with Gasteiger partial charge < -0.3 is 24.8 Å². The summed E-state index contributed by atoms with van der Waals surface area (Å²) in [5, 5.41) is 7.08. The van der Waals surface area contributed by atoms with E-state index in [1.165, 1.54) is 0 Å². The molecule has 1 aliphatic rings. The van der Waals surface area contributed by atoms with Gasteiger partial charge in [0.2, 0.25) is 5.91 Å². The van der Waals surface area contributed by atoms with Gasteiger partial charge in [0.05, 0.1) is 24.5 Å². The molecule has 0 bridgehead atoms. The minimum atomic E-state index is -0.538. The molecule has 0 radical (unpaired) electrons. The average Bonchev–Trinajstić information content (AvgIpc) is 3.53. The molecule has 0 aliphatic carbocycles. The van der Waals surface area contributed by atoms with Crippen LogP contribution in [-0.2, 0) is 4.79 Å². The fourth-order valence-corrected chi connectivity index (χ4v) is 5.26. The van der Waals surface area contributed by atoms with Crippen LogP contribution in [0.5, 0.6) is 5.75 Å². The van der Waals surface area contributed by atoms with E-state index >= 15 is 0 Å². The Hall–Kier alpha value is -3.69. The molecule has 3 heterocycles. The van der Waals surface area contributed by atoms with E-state index in [0.717, 1.165) is 27.2 Å². The van der Waals surface area contributed by atoms with Gasteiger partial charge in [-0.15, -0.1) is 0 Å². The Labute approximate surface area is 242 Å². The highest BCUT2D eigenvalue weighted by molar-refractivity contribution is 9.10. The van der Waals surface area contributed by atoms with Crippen LogP contribution in [0.2, 0.25) is 0 Å². The van der Waals surface area contributed by atoms with E-state index in [1.54, 1.807) is 13.3 Å². The summed E-state index contributed by atoms with van der Waals surface area (Å²) >= 11 is 9.46. The van der Waals surface area contributed by atoms with Crippen LogP contribution in [0.15, 0.2) is 89.7 Å². The number of methoxy groups -OCH3 is 1. The number of hydrogen-bond donors (Lipinski definition) is 2. The number of anilines is 2. The number of ether oxygens (including phenoxy) is 1. The maximum Gasteiger partial charge on any atom is 0.229 e. The van der Waals surface area contributed by atoms with Crippen LogP contribution in [-0.4, -0.2) is 27.7 Å². The van der Waals surface area contributed by atoms with E-state index in [0.29, 0.717) is 16.5 Å². The summed E-state index contributed by atoms with van der Waals surface area (Å²) in [6.45, 7) is 5.63. The second-order valence-electron chi connectivity index (χ2n) is 10.4. The third-order valence-electron chi connectivity index (χ3n) is 6.68. The number of thiocarbonyl (C=S) groups is 1. The van der Waals surface area contributed by atoms with Gasteiger partial charge in [0.1, 0.15) is 11.8 Å². The molecule has 2 aromatic carbocycles. The SMILES string of the molecule is COc1cc(N2C(=S)N[C@H](c3ccccn3)[C@@H]2c2cccn2-c2ccc(Br)cc2)ccc1NC(=O)C(C)(C)C. The largest absolute Gasteiger partial charge is 0.494 e. The lowest BCUT2D eigenvalue weighted by atomic mass is 9.95. The maximum atomic E-state index is 12.7. The number of carbonyl (C=O) groups is 1. The van der Waals surface area contributed by atoms with Crippen molar-refractivity contribution < 1.29 is 9.53 Å². The fraction of sp³-hybridized carbons (Fsp3) is 0.233. The number of carbonyl (C=O) groups excluding carboxylic acids is 1. The molecule has 7 nitrogen and oxygen atoms in total. The minimum absolute atomic E-state index is 0.0904. The summed E-state index contributed by atoms with van der Waals surface area (Å²) < 4.78 is 8.90. The van der Waals surface area contributed by atoms with Gasteiger partial charge in [0, 0.05) is 45.4 Å². The highest BCUT2D eigenvalue weighted by atomic mass is 79.9. The van der Waals surface area contributed by atoms with E-state index in [-0.39, 0.29) is 18.0 Å². The zero-order valence-electron chi connectivity index (χ0n) is 22.2. The van der Waals surface area contributed by atoms with Gasteiger partial charge in [0.15, 0.2) is 5.11 Å². The standard InChI is InChI=1S/C30H30BrN5O2S/c1-30(2,3)28(37)33-22-15-14-21(18-25(22)38-4)36-27(26(34-29(36)39)23-8-5-6-16-32-23)24-9-7-17-35(24)20-12-10-19(31)11-13-20/h5-18,26-27H,1-4H3,(H,33,37)(H,34,39)/t26-,27+/m1/s1. The third kappa shape index (κ3) is 5.42. The van der Waals surface area contributed by atoms with E-state index in [9.17, 15) is 4.79 Å². The lowest BCUT2D eigenvalue weighted by Gasteiger charge is -2.29. The Morgan fingerprint density at radius 3 is 2.46 bits per heavy atom. The number of aromatic nitrogens is 2. The van der Waals surface area contributed by atoms with Gasteiger partial charge in [-0.3, -0.25) is 9.78 Å². The van der Waals surface area contributed by atoms with Crippen LogP contribution in [0.25, 0.3) is 5.69 Å². The van der Waals surface area contributed by atoms with Crippen molar-refractivity contribution in [2.24, 2.45) is 5.41 Å². The highest BCUT2D eigenvalue weighted by Crippen LogP contribution is 2.44. The molecule has 2 N–H and O–H groups in total. The van der Waals surface area contributed by atoms with Crippen molar-refractivity contribution in [2.45, 2.75) is 32.9 Å². The molecule has 39 heavy (non-hydrogen) atoms. The summed E-state index contributed by atoms with van der Waals surface area (Å²) in [5.74, 6) is 0.462. The second kappa shape index (κ2) is 10.8. The summed E-state index contributed by atoms with van der Waals surface area (Å²) in [4.78, 5) is 19.4. The van der Waals surface area contributed by atoms with Crippen molar-refractivity contribution in [3.8, 4) is 11.4 Å². The van der Waals surface area contributed by atoms with Crippen molar-refractivity contribution in [3.05, 3.63) is 101 Å². The van der Waals surface area contributed by atoms with Crippen molar-refractivity contribution in [1.82, 2.24) is 14.9 Å². The number of hydrogen-bond acceptors (Lipinski definition) is 4. The number of benzene rings is 2. The first-order chi connectivity index (χ1) is 18.7. The van der Waals surface area contributed by atoms with Crippen LogP contribution < -0.4 is 20.3 Å². The number of nitrogens with one attached hydrogen (secondary N) is 2. The summed E-state index contributed by atoms with van der Waals surface area (Å²) in [6.07, 6.45) is 3.85. The van der Waals surface area contributed by atoms with Crippen LogP contribution in [0.4, 0.5) is 11.4 Å². The predicted molar refractivity (Wildman–Crippen MR) is 162 cm³/mol. The zero-order valence-corrected chi connectivity index (χ0v) is 24.6. The first-order valence-corrected chi connectivity index (χ1v) is 13.8. The molecule has 1 amide bonds. The minimum Gasteiger partial charge on any atom is -0.494 e. The number of pyridine rings is 1. The second-order valence-corrected chi connectivity index (χ2v) is 11.7. The molecule has 2 atom stereocenters. The van der Waals surface area contributed by atoms with Crippen molar-refractivity contribution in [1.29, 1.82) is 0 Å². The summed E-state index contributed by atoms with van der Waals surface area (Å²) in [5.41, 5.74) is 3.87. The summed E-state index contributed by atoms with van der Waals surface area (Å²) in [7, 11) is 1.60. The first kappa shape index (κ1) is 26.9. The molecular formula is C30H30BrN5O2S. The summed E-state index contributed by atoms with van der Waals surface area (Å²) in [6, 6.07) is 23.6. The topological polar surface area (TPSA) is 71.4 Å². The molecule has 0 saturated carbocycles. The van der Waals surface area contributed by atoms with E-state index in [2.05, 4.69) is 65.4 Å². The monoisotopic (exact) mass is 603 g/mol. The molecule has 1 fully saturated rings. The zero-order chi connectivity index (χ0) is 27.7. The Kier molecular flexibility index (Phi) is 7.46. The lowest BCUT2D eigenvalue weighted by Crippen LogP contribution is -2.30. The van der Waals surface area contributed by atoms with Gasteiger partial charge >= 0.3 is 0 Å². The molecule has 2 aromatic heterocycles. The predicted octanol–water partition coefficient (Wildman–Crippen LogP) is 6.81. The fourth-order valence-electron chi connectivity index (χ4n) is 4.65. The Bertz CT molecular complexity index is 1500. The molecule has 1 aliphatic heterocycles. The van der Waals surface area contributed by atoms with Crippen molar-refractivity contribution in [2.75, 3.05) is 17.3 Å². The Morgan fingerprint density at radius 1 is 1.05 bits per heavy atom. The first-order valence-electron chi connectivity index (χ1n) is 12.6. The van der Waals surface area contributed by atoms with Gasteiger partial charge in [-0.25, -0.2) is 0 Å². The van der Waals surface area contributed by atoms with E-state index < -0.39 is 5.41 Å². The lowest BCUT2D eigenvalue weighted by molar-refractivity contribution is -0.123. The van der Waals surface area contributed by atoms with Gasteiger partial charge in [-0.05, 0) is 72.9 Å². The van der Waals surface area contributed by atoms with Crippen LogP contribution >= 0.6 is 28.1 Å². The molecule has 0 spiro atoms. The van der Waals surface area contributed by atoms with Crippen molar-refractivity contribution >= 4 is 50.5 Å². The number of nitrogens with zero attached hydrogens (tertiary/aromatic N) is 3. The number of amides is 1. The molecule has 0 unspecified atom stereocenters. The smallest absolute Gasteiger partial charge is 0.229 e. The van der Waals surface area contributed by atoms with Gasteiger partial charge in [0.25, 0.3) is 0 Å². The molecular weight excluding hydrogens is 574 g/mol. The molecule has 5 rings (SSSR count). The van der Waals surface area contributed by atoms with Gasteiger partial charge in [-0.1, -0.05) is 42.8 Å². The molecule has 1 saturated heterocycles. The normalized spacial score (nSPS) is 17.2. The highest BCUT2D eigenvalue weighted by Gasteiger charge is 2.42. The van der Waals surface area contributed by atoms with E-state index in [4.69, 9.17) is 17.0 Å². The molecule has 4 aromatic rings. The Morgan fingerprint density at radius 2 is 1.79 bits per heavy atom. The number of rotatable bonds is 6. The van der Waals surface area contributed by atoms with E-state index in [1.807, 2.05) is 75.4 Å². The van der Waals surface area contributed by atoms with Gasteiger partial charge in [-0.2, -0.15) is 0 Å². The van der Waals surface area contributed by atoms with Crippen LogP contribution in [0.1, 0.15) is 44.2 Å². The quantitative estimate of drug-likeness (QED) is 0.236. The average molecular weight is 605 g/mol. The molecule has 9 heteroatoms. The van der Waals surface area contributed by atoms with Crippen LogP contribution in [0.3, 0.4) is 0 Å². The van der Waals surface area contributed by atoms with Crippen LogP contribution in [0, 0.1) is 5.41 Å². The third-order valence-corrected chi connectivity index (χ3v) is 7.52. The Balaban J connectivity index is 1.60. The number of halogens is 1. The van der Waals surface area contributed by atoms with Crippen molar-refractivity contribution in [3.63, 3.8) is 0 Å². The molecule has 200 valence electrons.